The second kappa shape index (κ2) is 7.00. The lowest BCUT2D eigenvalue weighted by molar-refractivity contribution is -0.120. The van der Waals surface area contributed by atoms with Crippen molar-refractivity contribution >= 4 is 5.91 Å². The summed E-state index contributed by atoms with van der Waals surface area (Å²) in [6.45, 7) is 5.19. The third kappa shape index (κ3) is 4.93. The van der Waals surface area contributed by atoms with Crippen LogP contribution in [-0.2, 0) is 11.2 Å². The zero-order valence-electron chi connectivity index (χ0n) is 9.92. The molecule has 3 N–H and O–H groups in total. The zero-order chi connectivity index (χ0) is 11.8. The van der Waals surface area contributed by atoms with Crippen LogP contribution in [0.1, 0.15) is 26.0 Å². The van der Waals surface area contributed by atoms with Crippen LogP contribution in [0.2, 0.25) is 0 Å². The molecule has 0 bridgehead atoms. The van der Waals surface area contributed by atoms with E-state index in [1.807, 2.05) is 0 Å². The van der Waals surface area contributed by atoms with Crippen LogP contribution >= 0.6 is 0 Å². The van der Waals surface area contributed by atoms with Gasteiger partial charge in [-0.15, -0.1) is 0 Å². The molecule has 1 atom stereocenters. The van der Waals surface area contributed by atoms with Crippen molar-refractivity contribution in [3.8, 4) is 0 Å². The number of H-pyrrole nitrogens is 1. The average Bonchev–Trinajstić information content (AvgIpc) is 2.79. The van der Waals surface area contributed by atoms with Gasteiger partial charge < -0.3 is 15.6 Å². The van der Waals surface area contributed by atoms with Crippen LogP contribution in [0.3, 0.4) is 0 Å². The molecule has 5 heteroatoms. The second-order valence-electron chi connectivity index (χ2n) is 3.87. The number of hydrogen-bond donors (Lipinski definition) is 3. The van der Waals surface area contributed by atoms with Gasteiger partial charge in [-0.25, -0.2) is 4.98 Å². The first kappa shape index (κ1) is 12.7. The van der Waals surface area contributed by atoms with E-state index in [1.54, 1.807) is 12.5 Å². The van der Waals surface area contributed by atoms with E-state index in [0.717, 1.165) is 18.5 Å². The van der Waals surface area contributed by atoms with Crippen LogP contribution < -0.4 is 10.6 Å². The van der Waals surface area contributed by atoms with Crippen molar-refractivity contribution < 1.29 is 4.79 Å². The molecule has 0 aliphatic heterocycles. The van der Waals surface area contributed by atoms with Crippen molar-refractivity contribution in [2.24, 2.45) is 0 Å². The monoisotopic (exact) mass is 224 g/mol. The predicted octanol–water partition coefficient (Wildman–Crippen LogP) is 0.457. The van der Waals surface area contributed by atoms with Gasteiger partial charge in [0.15, 0.2) is 0 Å². The Morgan fingerprint density at radius 3 is 3.06 bits per heavy atom. The van der Waals surface area contributed by atoms with E-state index in [-0.39, 0.29) is 5.91 Å². The summed E-state index contributed by atoms with van der Waals surface area (Å²) in [4.78, 5) is 18.3. The van der Waals surface area contributed by atoms with Crippen molar-refractivity contribution in [3.05, 3.63) is 18.2 Å². The first-order valence-electron chi connectivity index (χ1n) is 5.69. The molecule has 16 heavy (non-hydrogen) atoms. The number of amides is 1. The highest BCUT2D eigenvalue weighted by molar-refractivity contribution is 5.77. The fraction of sp³-hybridized carbons (Fsp3) is 0.636. The molecule has 0 aliphatic carbocycles. The normalized spacial score (nSPS) is 12.4. The Kier molecular flexibility index (Phi) is 5.56. The number of nitrogens with zero attached hydrogens (tertiary/aromatic N) is 1. The maximum Gasteiger partial charge on any atom is 0.233 e. The molecule has 1 unspecified atom stereocenters. The second-order valence-corrected chi connectivity index (χ2v) is 3.87. The molecule has 0 saturated carbocycles. The van der Waals surface area contributed by atoms with E-state index in [4.69, 9.17) is 0 Å². The minimum atomic E-state index is 0.0415. The molecule has 0 spiro atoms. The summed E-state index contributed by atoms with van der Waals surface area (Å²) in [7, 11) is 0. The molecule has 1 aromatic heterocycles. The smallest absolute Gasteiger partial charge is 0.233 e. The highest BCUT2D eigenvalue weighted by Crippen LogP contribution is 1.90. The minimum Gasteiger partial charge on any atom is -0.355 e. The minimum absolute atomic E-state index is 0.0415. The average molecular weight is 224 g/mol. The fourth-order valence-electron chi connectivity index (χ4n) is 1.23. The van der Waals surface area contributed by atoms with Gasteiger partial charge in [-0.2, -0.15) is 0 Å². The molecule has 1 aromatic rings. The molecule has 5 nitrogen and oxygen atoms in total. The van der Waals surface area contributed by atoms with Crippen molar-refractivity contribution in [1.82, 2.24) is 20.6 Å². The zero-order valence-corrected chi connectivity index (χ0v) is 9.92. The Morgan fingerprint density at radius 1 is 1.62 bits per heavy atom. The highest BCUT2D eigenvalue weighted by atomic mass is 16.1. The molecule has 0 aromatic carbocycles. The van der Waals surface area contributed by atoms with E-state index < -0.39 is 0 Å². The maximum atomic E-state index is 11.4. The van der Waals surface area contributed by atoms with E-state index in [0.29, 0.717) is 19.1 Å². The van der Waals surface area contributed by atoms with Crippen molar-refractivity contribution in [2.45, 2.75) is 32.7 Å². The van der Waals surface area contributed by atoms with E-state index >= 15 is 0 Å². The number of aromatic amines is 1. The maximum absolute atomic E-state index is 11.4. The van der Waals surface area contributed by atoms with Crippen LogP contribution in [-0.4, -0.2) is 35.0 Å². The highest BCUT2D eigenvalue weighted by Gasteiger charge is 2.03. The van der Waals surface area contributed by atoms with Crippen molar-refractivity contribution in [2.75, 3.05) is 13.1 Å². The van der Waals surface area contributed by atoms with Gasteiger partial charge >= 0.3 is 0 Å². The van der Waals surface area contributed by atoms with E-state index in [2.05, 4.69) is 34.4 Å². The van der Waals surface area contributed by atoms with Crippen LogP contribution in [0.15, 0.2) is 12.5 Å². The third-order valence-electron chi connectivity index (χ3n) is 2.49. The summed E-state index contributed by atoms with van der Waals surface area (Å²) in [5, 5.41) is 5.99. The molecule has 0 aliphatic rings. The van der Waals surface area contributed by atoms with Gasteiger partial charge in [-0.3, -0.25) is 4.79 Å². The van der Waals surface area contributed by atoms with Crippen LogP contribution in [0.25, 0.3) is 0 Å². The Morgan fingerprint density at radius 2 is 2.44 bits per heavy atom. The predicted molar refractivity (Wildman–Crippen MR) is 63.1 cm³/mol. The van der Waals surface area contributed by atoms with Gasteiger partial charge in [0.05, 0.1) is 12.9 Å². The standard InChI is InChI=1S/C11H20N4O/c1-3-9(2)14-7-11(16)13-5-4-10-6-12-8-15-10/h6,8-9,14H,3-5,7H2,1-2H3,(H,12,15)(H,13,16). The molecule has 1 amide bonds. The number of aromatic nitrogens is 2. The third-order valence-corrected chi connectivity index (χ3v) is 2.49. The van der Waals surface area contributed by atoms with E-state index in [1.165, 1.54) is 0 Å². The Hall–Kier alpha value is -1.36. The lowest BCUT2D eigenvalue weighted by atomic mass is 10.2. The lowest BCUT2D eigenvalue weighted by Gasteiger charge is -2.10. The summed E-state index contributed by atoms with van der Waals surface area (Å²) in [5.41, 5.74) is 1.04. The van der Waals surface area contributed by atoms with Crippen LogP contribution in [0.4, 0.5) is 0 Å². The number of hydrogen-bond acceptors (Lipinski definition) is 3. The quantitative estimate of drug-likeness (QED) is 0.630. The first-order chi connectivity index (χ1) is 7.72. The number of carbonyl (C=O) groups excluding carboxylic acids is 1. The van der Waals surface area contributed by atoms with Gasteiger partial charge in [0.1, 0.15) is 0 Å². The molecule has 0 radical (unpaired) electrons. The lowest BCUT2D eigenvalue weighted by Crippen LogP contribution is -2.38. The molecule has 1 rings (SSSR count). The summed E-state index contributed by atoms with van der Waals surface area (Å²) >= 11 is 0. The molecule has 1 heterocycles. The van der Waals surface area contributed by atoms with E-state index in [9.17, 15) is 4.79 Å². The van der Waals surface area contributed by atoms with Crippen molar-refractivity contribution in [1.29, 1.82) is 0 Å². The topological polar surface area (TPSA) is 69.8 Å². The molecule has 0 fully saturated rings. The SMILES string of the molecule is CCC(C)NCC(=O)NCCc1cnc[nH]1. The van der Waals surface area contributed by atoms with Gasteiger partial charge in [-0.05, 0) is 13.3 Å². The fourth-order valence-corrected chi connectivity index (χ4v) is 1.23. The molecule has 90 valence electrons. The largest absolute Gasteiger partial charge is 0.355 e. The summed E-state index contributed by atoms with van der Waals surface area (Å²) in [5.74, 6) is 0.0415. The Balaban J connectivity index is 2.06. The van der Waals surface area contributed by atoms with Crippen molar-refractivity contribution in [3.63, 3.8) is 0 Å². The number of rotatable bonds is 7. The number of nitrogens with one attached hydrogen (secondary N) is 3. The Bertz CT molecular complexity index is 297. The molecule has 0 saturated heterocycles. The molecular formula is C11H20N4O. The Labute approximate surface area is 96.0 Å². The van der Waals surface area contributed by atoms with Gasteiger partial charge in [0.25, 0.3) is 0 Å². The number of imidazole rings is 1. The van der Waals surface area contributed by atoms with Gasteiger partial charge in [0, 0.05) is 30.9 Å². The summed E-state index contributed by atoms with van der Waals surface area (Å²) < 4.78 is 0. The number of carbonyl (C=O) groups is 1. The first-order valence-corrected chi connectivity index (χ1v) is 5.69. The summed E-state index contributed by atoms with van der Waals surface area (Å²) in [6.07, 6.45) is 5.22. The van der Waals surface area contributed by atoms with Crippen LogP contribution in [0.5, 0.6) is 0 Å². The van der Waals surface area contributed by atoms with Gasteiger partial charge in [-0.1, -0.05) is 6.92 Å². The van der Waals surface area contributed by atoms with Crippen LogP contribution in [0, 0.1) is 0 Å². The summed E-state index contributed by atoms with van der Waals surface area (Å²) in [6, 6.07) is 0.387. The van der Waals surface area contributed by atoms with Gasteiger partial charge in [0.2, 0.25) is 5.91 Å². The molecular weight excluding hydrogens is 204 g/mol.